The maximum absolute atomic E-state index is 5.13. The monoisotopic (exact) mass is 192 g/mol. The van der Waals surface area contributed by atoms with Gasteiger partial charge >= 0.3 is 0 Å². The summed E-state index contributed by atoms with van der Waals surface area (Å²) in [4.78, 5) is 0. The van der Waals surface area contributed by atoms with Gasteiger partial charge in [0.25, 0.3) is 0 Å². The highest BCUT2D eigenvalue weighted by Crippen LogP contribution is 2.07. The molecule has 0 amide bonds. The van der Waals surface area contributed by atoms with Crippen LogP contribution in [0.25, 0.3) is 6.08 Å². The molecule has 0 unspecified atom stereocenters. The quantitative estimate of drug-likeness (QED) is 0.508. The van der Waals surface area contributed by atoms with Crippen molar-refractivity contribution in [2.75, 3.05) is 6.61 Å². The van der Waals surface area contributed by atoms with E-state index in [1.165, 1.54) is 11.1 Å². The van der Waals surface area contributed by atoms with E-state index in [0.717, 1.165) is 29.9 Å². The van der Waals surface area contributed by atoms with Gasteiger partial charge in [-0.25, -0.2) is 0 Å². The van der Waals surface area contributed by atoms with Gasteiger partial charge < -0.3 is 4.43 Å². The van der Waals surface area contributed by atoms with Crippen LogP contribution < -0.4 is 0 Å². The molecule has 0 radical (unpaired) electrons. The van der Waals surface area contributed by atoms with Crippen molar-refractivity contribution in [3.63, 3.8) is 0 Å². The lowest BCUT2D eigenvalue weighted by Crippen LogP contribution is -1.93. The Balaban J connectivity index is 2.44. The summed E-state index contributed by atoms with van der Waals surface area (Å²) in [5.41, 5.74) is 2.56. The fourth-order valence-electron chi connectivity index (χ4n) is 1.24. The Morgan fingerprint density at radius 3 is 2.54 bits per heavy atom. The van der Waals surface area contributed by atoms with Crippen LogP contribution >= 0.6 is 0 Å². The molecule has 0 aromatic heterocycles. The number of aryl methyl sites for hydroxylation is 1. The second kappa shape index (κ2) is 5.73. The van der Waals surface area contributed by atoms with Crippen LogP contribution in [0, 0.1) is 0 Å². The highest BCUT2D eigenvalue weighted by Gasteiger charge is 1.92. The topological polar surface area (TPSA) is 9.23 Å². The van der Waals surface area contributed by atoms with E-state index >= 15 is 0 Å². The third-order valence-corrected chi connectivity index (χ3v) is 2.44. The van der Waals surface area contributed by atoms with Gasteiger partial charge in [0.15, 0.2) is 0 Å². The van der Waals surface area contributed by atoms with Gasteiger partial charge in [-0.1, -0.05) is 36.9 Å². The van der Waals surface area contributed by atoms with Gasteiger partial charge in [-0.2, -0.15) is 0 Å². The summed E-state index contributed by atoms with van der Waals surface area (Å²) in [6.45, 7) is 4.62. The van der Waals surface area contributed by atoms with E-state index in [4.69, 9.17) is 4.43 Å². The van der Waals surface area contributed by atoms with Crippen molar-refractivity contribution in [1.82, 2.24) is 0 Å². The molecule has 0 atom stereocenters. The van der Waals surface area contributed by atoms with E-state index in [2.05, 4.69) is 30.8 Å². The van der Waals surface area contributed by atoms with Crippen LogP contribution in [0.2, 0.25) is 0 Å². The van der Waals surface area contributed by atoms with E-state index < -0.39 is 0 Å². The highest BCUT2D eigenvalue weighted by atomic mass is 28.2. The molecule has 0 saturated carbocycles. The summed E-state index contributed by atoms with van der Waals surface area (Å²) < 4.78 is 5.13. The summed E-state index contributed by atoms with van der Waals surface area (Å²) >= 11 is 0. The summed E-state index contributed by atoms with van der Waals surface area (Å²) in [5.74, 6) is 0. The zero-order valence-corrected chi connectivity index (χ0v) is 10.1. The lowest BCUT2D eigenvalue weighted by Gasteiger charge is -2.01. The minimum Gasteiger partial charge on any atom is -0.428 e. The third-order valence-electron chi connectivity index (χ3n) is 2.03. The van der Waals surface area contributed by atoms with Crippen LogP contribution in [0.5, 0.6) is 0 Å². The highest BCUT2D eigenvalue weighted by molar-refractivity contribution is 5.97. The van der Waals surface area contributed by atoms with Crippen LogP contribution in [-0.2, 0) is 10.8 Å². The molecular weight excluding hydrogens is 176 g/mol. The SMILES string of the molecule is C=Cc1ccc(CCCO[SiH3])cc1. The van der Waals surface area contributed by atoms with E-state index in [1.807, 2.05) is 6.08 Å². The first-order valence-electron chi connectivity index (χ1n) is 4.57. The van der Waals surface area contributed by atoms with Gasteiger partial charge in [-0.15, -0.1) is 0 Å². The Morgan fingerprint density at radius 2 is 2.00 bits per heavy atom. The molecule has 0 saturated heterocycles. The minimum absolute atomic E-state index is 0.851. The molecule has 0 aliphatic carbocycles. The molecule has 0 heterocycles. The Labute approximate surface area is 83.0 Å². The van der Waals surface area contributed by atoms with Gasteiger partial charge in [0, 0.05) is 6.61 Å². The van der Waals surface area contributed by atoms with Crippen LogP contribution in [0.1, 0.15) is 17.5 Å². The molecule has 70 valence electrons. The third kappa shape index (κ3) is 3.57. The van der Waals surface area contributed by atoms with Crippen LogP contribution in [-0.4, -0.2) is 17.1 Å². The summed E-state index contributed by atoms with van der Waals surface area (Å²) in [5, 5.41) is 0. The Morgan fingerprint density at radius 1 is 1.31 bits per heavy atom. The molecule has 0 N–H and O–H groups in total. The van der Waals surface area contributed by atoms with Crippen LogP contribution in [0.3, 0.4) is 0 Å². The molecular formula is C11H16OSi. The van der Waals surface area contributed by atoms with Crippen molar-refractivity contribution in [3.8, 4) is 0 Å². The first kappa shape index (κ1) is 10.2. The molecule has 0 aliphatic heterocycles. The molecule has 1 nitrogen and oxygen atoms in total. The molecule has 1 aromatic carbocycles. The largest absolute Gasteiger partial charge is 0.428 e. The van der Waals surface area contributed by atoms with Gasteiger partial charge in [-0.3, -0.25) is 0 Å². The molecule has 0 bridgehead atoms. The average Bonchev–Trinajstić information content (AvgIpc) is 2.19. The normalized spacial score (nSPS) is 10.2. The van der Waals surface area contributed by atoms with Crippen molar-refractivity contribution >= 4 is 16.6 Å². The average molecular weight is 192 g/mol. The van der Waals surface area contributed by atoms with Crippen molar-refractivity contribution in [1.29, 1.82) is 0 Å². The number of benzene rings is 1. The summed E-state index contributed by atoms with van der Waals surface area (Å²) in [6, 6.07) is 8.52. The van der Waals surface area contributed by atoms with Gasteiger partial charge in [0.05, 0.1) is 0 Å². The van der Waals surface area contributed by atoms with Crippen molar-refractivity contribution in [2.45, 2.75) is 12.8 Å². The van der Waals surface area contributed by atoms with Crippen molar-refractivity contribution < 1.29 is 4.43 Å². The van der Waals surface area contributed by atoms with Crippen molar-refractivity contribution in [3.05, 3.63) is 42.0 Å². The lowest BCUT2D eigenvalue weighted by molar-refractivity contribution is 0.341. The van der Waals surface area contributed by atoms with Crippen molar-refractivity contribution in [2.24, 2.45) is 0 Å². The molecule has 0 fully saturated rings. The Bertz CT molecular complexity index is 253. The van der Waals surface area contributed by atoms with E-state index in [1.54, 1.807) is 0 Å². The summed E-state index contributed by atoms with van der Waals surface area (Å²) in [7, 11) is 0.851. The molecule has 13 heavy (non-hydrogen) atoms. The standard InChI is InChI=1S/C11H16OSi/c1-2-10-5-7-11(8-6-10)4-3-9-12-13/h2,5-8H,1,3-4,9H2,13H3. The van der Waals surface area contributed by atoms with Crippen LogP contribution in [0.4, 0.5) is 0 Å². The molecule has 2 heteroatoms. The number of hydrogen-bond acceptors (Lipinski definition) is 1. The number of hydrogen-bond donors (Lipinski definition) is 0. The molecule has 0 aliphatic rings. The Hall–Kier alpha value is -0.863. The van der Waals surface area contributed by atoms with E-state index in [9.17, 15) is 0 Å². The van der Waals surface area contributed by atoms with Gasteiger partial charge in [0.2, 0.25) is 0 Å². The zero-order chi connectivity index (χ0) is 9.52. The maximum Gasteiger partial charge on any atom is 0.145 e. The van der Waals surface area contributed by atoms with Gasteiger partial charge in [0.1, 0.15) is 10.5 Å². The molecule has 1 rings (SSSR count). The number of rotatable bonds is 5. The molecule has 1 aromatic rings. The second-order valence-electron chi connectivity index (χ2n) is 3.04. The maximum atomic E-state index is 5.13. The first-order valence-corrected chi connectivity index (χ1v) is 5.39. The van der Waals surface area contributed by atoms with E-state index in [0.29, 0.717) is 0 Å². The summed E-state index contributed by atoms with van der Waals surface area (Å²) in [6.07, 6.45) is 4.10. The Kier molecular flexibility index (Phi) is 4.50. The first-order chi connectivity index (χ1) is 6.36. The predicted octanol–water partition coefficient (Wildman–Crippen LogP) is 1.56. The predicted molar refractivity (Wildman–Crippen MR) is 60.7 cm³/mol. The smallest absolute Gasteiger partial charge is 0.145 e. The van der Waals surface area contributed by atoms with E-state index in [-0.39, 0.29) is 0 Å². The lowest BCUT2D eigenvalue weighted by atomic mass is 10.1. The van der Waals surface area contributed by atoms with Crippen LogP contribution in [0.15, 0.2) is 30.8 Å². The zero-order valence-electron chi connectivity index (χ0n) is 8.12. The minimum atomic E-state index is 0.851. The molecule has 0 spiro atoms. The van der Waals surface area contributed by atoms with Gasteiger partial charge in [-0.05, 0) is 24.0 Å². The second-order valence-corrected chi connectivity index (χ2v) is 3.62. The fraction of sp³-hybridized carbons (Fsp3) is 0.273. The fourth-order valence-corrected chi connectivity index (χ4v) is 1.53.